The molecule has 5 nitrogen and oxygen atoms in total. The zero-order valence-corrected chi connectivity index (χ0v) is 14.9. The third-order valence-corrected chi connectivity index (χ3v) is 4.08. The van der Waals surface area contributed by atoms with Crippen molar-refractivity contribution >= 4 is 11.6 Å². The lowest BCUT2D eigenvalue weighted by atomic mass is 10.1. The van der Waals surface area contributed by atoms with E-state index in [-0.39, 0.29) is 5.91 Å². The zero-order chi connectivity index (χ0) is 19.2. The molecule has 2 aromatic carbocycles. The minimum Gasteiger partial charge on any atom is -0.322 e. The minimum absolute atomic E-state index is 0.175. The molecule has 0 unspecified atom stereocenters. The molecule has 0 radical (unpaired) electrons. The van der Waals surface area contributed by atoms with Gasteiger partial charge in [0.2, 0.25) is 0 Å². The molecule has 0 aliphatic rings. The van der Waals surface area contributed by atoms with E-state index in [1.54, 1.807) is 24.5 Å². The molecular formula is C23H16N4O. The average molecular weight is 364 g/mol. The molecule has 4 aromatic rings. The second-order valence-electron chi connectivity index (χ2n) is 6.05. The number of hydrogen-bond acceptors (Lipinski definition) is 3. The van der Waals surface area contributed by atoms with E-state index in [1.807, 2.05) is 60.7 Å². The second-order valence-corrected chi connectivity index (χ2v) is 6.05. The van der Waals surface area contributed by atoms with E-state index < -0.39 is 0 Å². The van der Waals surface area contributed by atoms with Crippen LogP contribution in [0.5, 0.6) is 0 Å². The molecule has 0 bridgehead atoms. The van der Waals surface area contributed by atoms with E-state index in [9.17, 15) is 4.79 Å². The fourth-order valence-electron chi connectivity index (χ4n) is 2.67. The number of carbonyl (C=O) groups excluding carboxylic acids is 1. The third kappa shape index (κ3) is 4.14. The van der Waals surface area contributed by atoms with E-state index >= 15 is 0 Å². The summed E-state index contributed by atoms with van der Waals surface area (Å²) in [6.45, 7) is 0. The summed E-state index contributed by atoms with van der Waals surface area (Å²) >= 11 is 0. The summed E-state index contributed by atoms with van der Waals surface area (Å²) in [6, 6.07) is 22.3. The van der Waals surface area contributed by atoms with Gasteiger partial charge in [-0.1, -0.05) is 30.2 Å². The average Bonchev–Trinajstić information content (AvgIpc) is 3.28. The molecule has 2 N–H and O–H groups in total. The van der Waals surface area contributed by atoms with Crippen LogP contribution in [0.2, 0.25) is 0 Å². The number of nitrogens with one attached hydrogen (secondary N) is 2. The molecule has 2 aromatic heterocycles. The van der Waals surface area contributed by atoms with Gasteiger partial charge >= 0.3 is 0 Å². The molecule has 0 aliphatic heterocycles. The first-order valence-electron chi connectivity index (χ1n) is 8.72. The number of aromatic amines is 1. The van der Waals surface area contributed by atoms with Gasteiger partial charge < -0.3 is 5.32 Å². The Bertz CT molecular complexity index is 1140. The van der Waals surface area contributed by atoms with Crippen LogP contribution in [0.3, 0.4) is 0 Å². The van der Waals surface area contributed by atoms with Crippen LogP contribution in [0.1, 0.15) is 21.6 Å². The molecule has 0 fully saturated rings. The highest BCUT2D eigenvalue weighted by atomic mass is 16.1. The Hall–Kier alpha value is -4.17. The van der Waals surface area contributed by atoms with Gasteiger partial charge in [0, 0.05) is 29.2 Å². The molecular weight excluding hydrogens is 348 g/mol. The number of H-pyrrole nitrogens is 1. The van der Waals surface area contributed by atoms with Crippen molar-refractivity contribution in [2.24, 2.45) is 0 Å². The van der Waals surface area contributed by atoms with Crippen LogP contribution in [0.15, 0.2) is 85.2 Å². The molecule has 2 heterocycles. The van der Waals surface area contributed by atoms with Gasteiger partial charge in [-0.2, -0.15) is 5.10 Å². The molecule has 1 amide bonds. The van der Waals surface area contributed by atoms with Crippen molar-refractivity contribution in [2.75, 3.05) is 5.32 Å². The highest BCUT2D eigenvalue weighted by Gasteiger charge is 2.07. The van der Waals surface area contributed by atoms with Gasteiger partial charge in [-0.15, -0.1) is 0 Å². The largest absolute Gasteiger partial charge is 0.322 e. The quantitative estimate of drug-likeness (QED) is 0.537. The van der Waals surface area contributed by atoms with Crippen LogP contribution in [0.25, 0.3) is 11.3 Å². The number of aromatic nitrogens is 3. The number of nitrogens with zero attached hydrogens (tertiary/aromatic N) is 2. The van der Waals surface area contributed by atoms with E-state index in [4.69, 9.17) is 0 Å². The van der Waals surface area contributed by atoms with Crippen molar-refractivity contribution in [3.63, 3.8) is 0 Å². The Kier molecular flexibility index (Phi) is 4.94. The summed E-state index contributed by atoms with van der Waals surface area (Å²) in [7, 11) is 0. The van der Waals surface area contributed by atoms with Crippen LogP contribution in [-0.4, -0.2) is 21.1 Å². The predicted octanol–water partition coefficient (Wildman–Crippen LogP) is 4.12. The molecule has 134 valence electrons. The Morgan fingerprint density at radius 1 is 0.893 bits per heavy atom. The number of amides is 1. The lowest BCUT2D eigenvalue weighted by Gasteiger charge is -2.06. The number of pyridine rings is 1. The van der Waals surface area contributed by atoms with Crippen molar-refractivity contribution < 1.29 is 4.79 Å². The first kappa shape index (κ1) is 17.3. The van der Waals surface area contributed by atoms with Crippen molar-refractivity contribution in [1.29, 1.82) is 0 Å². The van der Waals surface area contributed by atoms with Gasteiger partial charge in [0.15, 0.2) is 0 Å². The van der Waals surface area contributed by atoms with Crippen LogP contribution in [0.4, 0.5) is 5.69 Å². The van der Waals surface area contributed by atoms with Gasteiger partial charge in [-0.3, -0.25) is 9.89 Å². The second kappa shape index (κ2) is 8.02. The van der Waals surface area contributed by atoms with Gasteiger partial charge in [0.1, 0.15) is 5.69 Å². The Balaban J connectivity index is 1.47. The Labute approximate surface area is 162 Å². The lowest BCUT2D eigenvalue weighted by molar-refractivity contribution is 0.102. The summed E-state index contributed by atoms with van der Waals surface area (Å²) in [5.41, 5.74) is 4.66. The van der Waals surface area contributed by atoms with E-state index in [0.717, 1.165) is 16.8 Å². The highest BCUT2D eigenvalue weighted by molar-refractivity contribution is 6.04. The van der Waals surface area contributed by atoms with Gasteiger partial charge in [-0.05, 0) is 60.0 Å². The van der Waals surface area contributed by atoms with E-state index in [2.05, 4.69) is 32.3 Å². The molecule has 0 atom stereocenters. The maximum atomic E-state index is 12.5. The third-order valence-electron chi connectivity index (χ3n) is 4.08. The SMILES string of the molecule is O=C(Nc1cccc(C#Cc2ccccn2)c1)c1ccc(-c2ccn[nH]2)cc1. The Morgan fingerprint density at radius 3 is 2.54 bits per heavy atom. The van der Waals surface area contributed by atoms with Crippen LogP contribution in [-0.2, 0) is 0 Å². The summed E-state index contributed by atoms with van der Waals surface area (Å²) in [5.74, 6) is 5.90. The summed E-state index contributed by atoms with van der Waals surface area (Å²) < 4.78 is 0. The molecule has 28 heavy (non-hydrogen) atoms. The number of benzene rings is 2. The fourth-order valence-corrected chi connectivity index (χ4v) is 2.67. The molecule has 0 saturated heterocycles. The Morgan fingerprint density at radius 2 is 1.79 bits per heavy atom. The van der Waals surface area contributed by atoms with E-state index in [1.165, 1.54) is 0 Å². The van der Waals surface area contributed by atoms with Crippen molar-refractivity contribution in [2.45, 2.75) is 0 Å². The first-order valence-corrected chi connectivity index (χ1v) is 8.72. The smallest absolute Gasteiger partial charge is 0.255 e. The maximum absolute atomic E-state index is 12.5. The van der Waals surface area contributed by atoms with Crippen molar-refractivity contribution in [3.05, 3.63) is 102 Å². The molecule has 0 aliphatic carbocycles. The number of rotatable bonds is 3. The highest BCUT2D eigenvalue weighted by Crippen LogP contribution is 2.18. The first-order chi connectivity index (χ1) is 13.8. The monoisotopic (exact) mass is 364 g/mol. The zero-order valence-electron chi connectivity index (χ0n) is 14.9. The summed E-state index contributed by atoms with van der Waals surface area (Å²) in [5, 5.41) is 9.75. The van der Waals surface area contributed by atoms with Crippen LogP contribution in [0, 0.1) is 11.8 Å². The summed E-state index contributed by atoms with van der Waals surface area (Å²) in [6.07, 6.45) is 3.40. The normalized spacial score (nSPS) is 10.0. The number of anilines is 1. The number of hydrogen-bond donors (Lipinski definition) is 2. The van der Waals surface area contributed by atoms with Gasteiger partial charge in [-0.25, -0.2) is 4.98 Å². The van der Waals surface area contributed by atoms with Crippen molar-refractivity contribution in [1.82, 2.24) is 15.2 Å². The van der Waals surface area contributed by atoms with Crippen LogP contribution < -0.4 is 5.32 Å². The molecule has 0 spiro atoms. The standard InChI is InChI=1S/C23H16N4O/c28-23(19-10-8-18(9-11-19)22-13-15-25-27-22)26-21-6-3-4-17(16-21)7-12-20-5-1-2-14-24-20/h1-6,8-11,13-16H,(H,25,27)(H,26,28). The van der Waals surface area contributed by atoms with E-state index in [0.29, 0.717) is 16.9 Å². The topological polar surface area (TPSA) is 70.7 Å². The molecule has 4 rings (SSSR count). The number of carbonyl (C=O) groups is 1. The van der Waals surface area contributed by atoms with Crippen molar-refractivity contribution in [3.8, 4) is 23.1 Å². The predicted molar refractivity (Wildman–Crippen MR) is 109 cm³/mol. The lowest BCUT2D eigenvalue weighted by Crippen LogP contribution is -2.11. The van der Waals surface area contributed by atoms with Gasteiger partial charge in [0.25, 0.3) is 5.91 Å². The van der Waals surface area contributed by atoms with Gasteiger partial charge in [0.05, 0.1) is 5.69 Å². The minimum atomic E-state index is -0.175. The van der Waals surface area contributed by atoms with Crippen LogP contribution >= 0.6 is 0 Å². The molecule has 5 heteroatoms. The summed E-state index contributed by atoms with van der Waals surface area (Å²) in [4.78, 5) is 16.7. The maximum Gasteiger partial charge on any atom is 0.255 e. The fraction of sp³-hybridized carbons (Fsp3) is 0. The molecule has 0 saturated carbocycles.